The van der Waals surface area contributed by atoms with Crippen molar-refractivity contribution in [3.8, 4) is 0 Å². The number of nitro benzene ring substituents is 1. The van der Waals surface area contributed by atoms with E-state index < -0.39 is 22.3 Å². The summed E-state index contributed by atoms with van der Waals surface area (Å²) in [6.45, 7) is 0. The van der Waals surface area contributed by atoms with Crippen molar-refractivity contribution in [3.63, 3.8) is 0 Å². The van der Waals surface area contributed by atoms with Crippen molar-refractivity contribution in [1.82, 2.24) is 4.98 Å². The molecule has 1 N–H and O–H groups in total. The highest BCUT2D eigenvalue weighted by molar-refractivity contribution is 6.33. The summed E-state index contributed by atoms with van der Waals surface area (Å²) >= 11 is 5.84. The predicted octanol–water partition coefficient (Wildman–Crippen LogP) is 3.03. The van der Waals surface area contributed by atoms with Gasteiger partial charge in [-0.05, 0) is 18.2 Å². The number of rotatable bonds is 3. The number of aromatic nitrogens is 1. The first-order valence-electron chi connectivity index (χ1n) is 5.34. The third kappa shape index (κ3) is 2.89. The number of pyridine rings is 1. The van der Waals surface area contributed by atoms with Crippen molar-refractivity contribution < 1.29 is 14.1 Å². The minimum atomic E-state index is -1.01. The van der Waals surface area contributed by atoms with E-state index in [-0.39, 0.29) is 16.3 Å². The molecule has 0 atom stereocenters. The molecule has 0 saturated heterocycles. The van der Waals surface area contributed by atoms with Gasteiger partial charge in [0.05, 0.1) is 21.8 Å². The van der Waals surface area contributed by atoms with Gasteiger partial charge in [-0.25, -0.2) is 0 Å². The number of carbonyl (C=O) groups excluding carboxylic acids is 1. The van der Waals surface area contributed by atoms with Crippen LogP contribution in [-0.2, 0) is 0 Å². The molecule has 102 valence electrons. The maximum Gasteiger partial charge on any atom is 0.305 e. The van der Waals surface area contributed by atoms with Gasteiger partial charge in [-0.2, -0.15) is 4.39 Å². The Kier molecular flexibility index (Phi) is 3.90. The number of carbonyl (C=O) groups is 1. The summed E-state index contributed by atoms with van der Waals surface area (Å²) in [5.74, 6) is -1.66. The van der Waals surface area contributed by atoms with Gasteiger partial charge in [0.25, 0.3) is 5.91 Å². The summed E-state index contributed by atoms with van der Waals surface area (Å²) in [7, 11) is 0. The summed E-state index contributed by atoms with van der Waals surface area (Å²) in [5.41, 5.74) is -0.570. The Morgan fingerprint density at radius 3 is 2.80 bits per heavy atom. The number of hydrogen-bond acceptors (Lipinski definition) is 4. The van der Waals surface area contributed by atoms with E-state index in [4.69, 9.17) is 11.6 Å². The van der Waals surface area contributed by atoms with Gasteiger partial charge in [0.1, 0.15) is 0 Å². The first kappa shape index (κ1) is 13.9. The van der Waals surface area contributed by atoms with E-state index in [0.29, 0.717) is 0 Å². The van der Waals surface area contributed by atoms with Crippen molar-refractivity contribution in [2.75, 3.05) is 5.32 Å². The highest BCUT2D eigenvalue weighted by Gasteiger charge is 2.18. The van der Waals surface area contributed by atoms with Gasteiger partial charge >= 0.3 is 5.69 Å². The van der Waals surface area contributed by atoms with Crippen molar-refractivity contribution in [3.05, 3.63) is 63.2 Å². The molecule has 2 rings (SSSR count). The van der Waals surface area contributed by atoms with Gasteiger partial charge in [0.2, 0.25) is 5.82 Å². The average Bonchev–Trinajstić information content (AvgIpc) is 2.41. The Morgan fingerprint density at radius 1 is 1.40 bits per heavy atom. The lowest BCUT2D eigenvalue weighted by molar-refractivity contribution is -0.387. The van der Waals surface area contributed by atoms with Crippen molar-refractivity contribution in [2.24, 2.45) is 0 Å². The van der Waals surface area contributed by atoms with Crippen LogP contribution in [0.1, 0.15) is 10.4 Å². The van der Waals surface area contributed by atoms with Gasteiger partial charge in [-0.3, -0.25) is 19.9 Å². The maximum atomic E-state index is 13.2. The molecule has 20 heavy (non-hydrogen) atoms. The second-order valence-electron chi connectivity index (χ2n) is 3.73. The summed E-state index contributed by atoms with van der Waals surface area (Å²) in [6.07, 6.45) is 2.78. The first-order chi connectivity index (χ1) is 9.49. The monoisotopic (exact) mass is 295 g/mol. The summed E-state index contributed by atoms with van der Waals surface area (Å²) in [4.78, 5) is 25.4. The Morgan fingerprint density at radius 2 is 2.15 bits per heavy atom. The van der Waals surface area contributed by atoms with Gasteiger partial charge in [0.15, 0.2) is 0 Å². The van der Waals surface area contributed by atoms with Gasteiger partial charge < -0.3 is 5.32 Å². The third-order valence-electron chi connectivity index (χ3n) is 2.42. The Bertz CT molecular complexity index is 693. The SMILES string of the molecule is O=C(Nc1cnccc1Cl)c1ccc(F)c([N+](=O)[O-])c1. The molecule has 0 aliphatic heterocycles. The van der Waals surface area contributed by atoms with Gasteiger partial charge in [0, 0.05) is 17.8 Å². The highest BCUT2D eigenvalue weighted by atomic mass is 35.5. The third-order valence-corrected chi connectivity index (χ3v) is 2.75. The molecule has 0 aliphatic rings. The van der Waals surface area contributed by atoms with E-state index in [1.165, 1.54) is 18.5 Å². The Hall–Kier alpha value is -2.54. The molecule has 0 bridgehead atoms. The number of nitro groups is 1. The van der Waals surface area contributed by atoms with Crippen molar-refractivity contribution >= 4 is 28.9 Å². The molecule has 1 aromatic carbocycles. The van der Waals surface area contributed by atoms with Crippen molar-refractivity contribution in [2.45, 2.75) is 0 Å². The van der Waals surface area contributed by atoms with Crippen LogP contribution in [0, 0.1) is 15.9 Å². The molecule has 2 aromatic rings. The van der Waals surface area contributed by atoms with Crippen LogP contribution in [0.15, 0.2) is 36.7 Å². The quantitative estimate of drug-likeness (QED) is 0.696. The smallest absolute Gasteiger partial charge is 0.305 e. The lowest BCUT2D eigenvalue weighted by Gasteiger charge is -2.06. The second kappa shape index (κ2) is 5.62. The number of halogens is 2. The Balaban J connectivity index is 2.28. The lowest BCUT2D eigenvalue weighted by atomic mass is 10.2. The van der Waals surface area contributed by atoms with E-state index in [9.17, 15) is 19.3 Å². The first-order valence-corrected chi connectivity index (χ1v) is 5.71. The number of amides is 1. The predicted molar refractivity (Wildman–Crippen MR) is 70.3 cm³/mol. The number of anilines is 1. The Labute approximate surface area is 117 Å². The molecule has 0 fully saturated rings. The van der Waals surface area contributed by atoms with E-state index in [1.54, 1.807) is 0 Å². The minimum Gasteiger partial charge on any atom is -0.319 e. The fraction of sp³-hybridized carbons (Fsp3) is 0. The molecule has 0 radical (unpaired) electrons. The molecule has 1 aromatic heterocycles. The molecule has 1 amide bonds. The van der Waals surface area contributed by atoms with Crippen LogP contribution in [-0.4, -0.2) is 15.8 Å². The zero-order valence-corrected chi connectivity index (χ0v) is 10.6. The average molecular weight is 296 g/mol. The van der Waals surface area contributed by atoms with Crippen LogP contribution in [0.5, 0.6) is 0 Å². The number of hydrogen-bond donors (Lipinski definition) is 1. The normalized spacial score (nSPS) is 10.1. The van der Waals surface area contributed by atoms with Crippen LogP contribution >= 0.6 is 11.6 Å². The molecule has 0 saturated carbocycles. The fourth-order valence-corrected chi connectivity index (χ4v) is 1.61. The molecule has 1 heterocycles. The standard InChI is InChI=1S/C12H7ClFN3O3/c13-8-3-4-15-6-10(8)16-12(18)7-1-2-9(14)11(5-7)17(19)20/h1-6H,(H,16,18). The molecule has 0 unspecified atom stereocenters. The minimum absolute atomic E-state index is 0.0574. The molecular weight excluding hydrogens is 289 g/mol. The molecule has 0 aliphatic carbocycles. The van der Waals surface area contributed by atoms with E-state index >= 15 is 0 Å². The van der Waals surface area contributed by atoms with E-state index in [1.807, 2.05) is 0 Å². The van der Waals surface area contributed by atoms with Gasteiger partial charge in [-0.15, -0.1) is 0 Å². The topological polar surface area (TPSA) is 85.1 Å². The zero-order chi connectivity index (χ0) is 14.7. The highest BCUT2D eigenvalue weighted by Crippen LogP contribution is 2.22. The molecule has 0 spiro atoms. The van der Waals surface area contributed by atoms with Crippen LogP contribution in [0.25, 0.3) is 0 Å². The van der Waals surface area contributed by atoms with Crippen molar-refractivity contribution in [1.29, 1.82) is 0 Å². The van der Waals surface area contributed by atoms with Gasteiger partial charge in [-0.1, -0.05) is 11.6 Å². The van der Waals surface area contributed by atoms with Crippen LogP contribution in [0.3, 0.4) is 0 Å². The second-order valence-corrected chi connectivity index (χ2v) is 4.14. The van der Waals surface area contributed by atoms with Crippen LogP contribution < -0.4 is 5.32 Å². The molecular formula is C12H7ClFN3O3. The van der Waals surface area contributed by atoms with E-state index in [0.717, 1.165) is 18.2 Å². The number of nitrogens with one attached hydrogen (secondary N) is 1. The van der Waals surface area contributed by atoms with E-state index in [2.05, 4.69) is 10.3 Å². The summed E-state index contributed by atoms with van der Waals surface area (Å²) < 4.78 is 13.2. The summed E-state index contributed by atoms with van der Waals surface area (Å²) in [5, 5.41) is 13.3. The van der Waals surface area contributed by atoms with Crippen LogP contribution in [0.2, 0.25) is 5.02 Å². The largest absolute Gasteiger partial charge is 0.319 e. The maximum absolute atomic E-state index is 13.2. The van der Waals surface area contributed by atoms with Crippen LogP contribution in [0.4, 0.5) is 15.8 Å². The fourth-order valence-electron chi connectivity index (χ4n) is 1.46. The number of nitrogens with zero attached hydrogens (tertiary/aromatic N) is 2. The number of benzene rings is 1. The zero-order valence-electron chi connectivity index (χ0n) is 9.84. The molecule has 8 heteroatoms. The lowest BCUT2D eigenvalue weighted by Crippen LogP contribution is -2.13. The molecule has 6 nitrogen and oxygen atoms in total. The summed E-state index contributed by atoms with van der Waals surface area (Å²) in [6, 6.07) is 4.33.